The molecule has 1 N–H and O–H groups in total. The van der Waals surface area contributed by atoms with Crippen molar-refractivity contribution in [1.82, 2.24) is 14.5 Å². The Balaban J connectivity index is 1.61. The van der Waals surface area contributed by atoms with Crippen LogP contribution in [0.3, 0.4) is 0 Å². The predicted octanol–water partition coefficient (Wildman–Crippen LogP) is 4.14. The van der Waals surface area contributed by atoms with Crippen LogP contribution in [-0.2, 0) is 6.54 Å². The molecule has 1 fully saturated rings. The predicted molar refractivity (Wildman–Crippen MR) is 130 cm³/mol. The lowest BCUT2D eigenvalue weighted by molar-refractivity contribution is -0.384. The molecule has 2 heterocycles. The van der Waals surface area contributed by atoms with Gasteiger partial charge in [-0.05, 0) is 50.2 Å². The van der Waals surface area contributed by atoms with E-state index in [4.69, 9.17) is 0 Å². The highest BCUT2D eigenvalue weighted by molar-refractivity contribution is 6.05. The van der Waals surface area contributed by atoms with Crippen molar-refractivity contribution >= 4 is 34.3 Å². The molecule has 1 saturated heterocycles. The van der Waals surface area contributed by atoms with Crippen LogP contribution in [0.4, 0.5) is 17.3 Å². The van der Waals surface area contributed by atoms with Gasteiger partial charge in [0.1, 0.15) is 5.69 Å². The number of nitrogens with one attached hydrogen (secondary N) is 1. The zero-order valence-corrected chi connectivity index (χ0v) is 19.2. The molecular formula is C24H30N6O3. The number of benzene rings is 2. The lowest BCUT2D eigenvalue weighted by atomic mass is 10.1. The Morgan fingerprint density at radius 2 is 1.88 bits per heavy atom. The fraction of sp³-hybridized carbons (Fsp3) is 0.417. The van der Waals surface area contributed by atoms with E-state index >= 15 is 0 Å². The van der Waals surface area contributed by atoms with E-state index in [1.165, 1.54) is 6.07 Å². The molecule has 0 atom stereocenters. The molecule has 1 amide bonds. The first-order valence-corrected chi connectivity index (χ1v) is 11.5. The van der Waals surface area contributed by atoms with Gasteiger partial charge in [0, 0.05) is 37.8 Å². The summed E-state index contributed by atoms with van der Waals surface area (Å²) in [4.78, 5) is 33.3. The van der Waals surface area contributed by atoms with E-state index in [1.54, 1.807) is 12.1 Å². The number of carbonyl (C=O) groups is 1. The summed E-state index contributed by atoms with van der Waals surface area (Å²) in [5, 5.41) is 14.6. The molecule has 0 unspecified atom stereocenters. The lowest BCUT2D eigenvalue weighted by Crippen LogP contribution is -2.27. The van der Waals surface area contributed by atoms with Crippen molar-refractivity contribution in [1.29, 1.82) is 0 Å². The van der Waals surface area contributed by atoms with E-state index in [9.17, 15) is 14.9 Å². The molecule has 3 aromatic rings. The number of carbonyl (C=O) groups excluding carboxylic acids is 1. The zero-order valence-electron chi connectivity index (χ0n) is 19.2. The second-order valence-corrected chi connectivity index (χ2v) is 8.21. The fourth-order valence-electron chi connectivity index (χ4n) is 4.39. The Labute approximate surface area is 193 Å². The van der Waals surface area contributed by atoms with Crippen LogP contribution in [0.5, 0.6) is 0 Å². The molecule has 1 aromatic heterocycles. The summed E-state index contributed by atoms with van der Waals surface area (Å²) in [7, 11) is 0. The number of nitro groups is 1. The van der Waals surface area contributed by atoms with Gasteiger partial charge < -0.3 is 14.4 Å². The van der Waals surface area contributed by atoms with Crippen LogP contribution in [0.25, 0.3) is 11.0 Å². The Morgan fingerprint density at radius 3 is 2.58 bits per heavy atom. The normalized spacial score (nSPS) is 13.7. The molecule has 9 heteroatoms. The van der Waals surface area contributed by atoms with Crippen molar-refractivity contribution in [3.05, 3.63) is 58.1 Å². The monoisotopic (exact) mass is 450 g/mol. The average molecular weight is 451 g/mol. The van der Waals surface area contributed by atoms with Crippen molar-refractivity contribution < 1.29 is 9.72 Å². The molecule has 4 rings (SSSR count). The van der Waals surface area contributed by atoms with Crippen LogP contribution >= 0.6 is 0 Å². The van der Waals surface area contributed by atoms with Gasteiger partial charge in [-0.15, -0.1) is 0 Å². The number of nitro benzene ring substituents is 1. The van der Waals surface area contributed by atoms with Crippen molar-refractivity contribution in [2.75, 3.05) is 42.9 Å². The van der Waals surface area contributed by atoms with Gasteiger partial charge in [0.2, 0.25) is 5.95 Å². The van der Waals surface area contributed by atoms with Gasteiger partial charge in [0.15, 0.2) is 0 Å². The first kappa shape index (κ1) is 22.7. The molecular weight excluding hydrogens is 420 g/mol. The van der Waals surface area contributed by atoms with E-state index in [2.05, 4.69) is 29.0 Å². The maximum Gasteiger partial charge on any atom is 0.293 e. The van der Waals surface area contributed by atoms with E-state index in [0.29, 0.717) is 18.2 Å². The quantitative estimate of drug-likeness (QED) is 0.389. The summed E-state index contributed by atoms with van der Waals surface area (Å²) in [6.07, 6.45) is 2.03. The molecule has 174 valence electrons. The standard InChI is InChI=1S/C24H30N6O3/c1-3-27(4-2)15-16-29-20-10-6-5-9-19(20)25-24(29)26-23(31)18-11-12-21(22(17-18)30(32)33)28-13-7-8-14-28/h5-6,9-12,17H,3-4,7-8,13-16H2,1-2H3,(H,25,26,31). The maximum absolute atomic E-state index is 13.1. The molecule has 1 aliphatic rings. The van der Waals surface area contributed by atoms with Gasteiger partial charge in [0.25, 0.3) is 11.6 Å². The minimum absolute atomic E-state index is 0.0420. The van der Waals surface area contributed by atoms with Gasteiger partial charge >= 0.3 is 0 Å². The van der Waals surface area contributed by atoms with Gasteiger partial charge in [-0.25, -0.2) is 4.98 Å². The van der Waals surface area contributed by atoms with Crippen LogP contribution in [0.2, 0.25) is 0 Å². The number of para-hydroxylation sites is 2. The van der Waals surface area contributed by atoms with E-state index in [-0.39, 0.29) is 11.3 Å². The number of rotatable bonds is 9. The number of nitrogens with zero attached hydrogens (tertiary/aromatic N) is 5. The van der Waals surface area contributed by atoms with Crippen LogP contribution < -0.4 is 10.2 Å². The summed E-state index contributed by atoms with van der Waals surface area (Å²) in [6, 6.07) is 12.5. The highest BCUT2D eigenvalue weighted by Crippen LogP contribution is 2.32. The molecule has 1 aliphatic heterocycles. The van der Waals surface area contributed by atoms with Crippen molar-refractivity contribution in [3.8, 4) is 0 Å². The molecule has 9 nitrogen and oxygen atoms in total. The third-order valence-corrected chi connectivity index (χ3v) is 6.30. The van der Waals surface area contributed by atoms with Crippen LogP contribution in [-0.4, -0.2) is 58.0 Å². The third-order valence-electron chi connectivity index (χ3n) is 6.30. The number of amides is 1. The lowest BCUT2D eigenvalue weighted by Gasteiger charge is -2.19. The van der Waals surface area contributed by atoms with Crippen LogP contribution in [0.15, 0.2) is 42.5 Å². The zero-order chi connectivity index (χ0) is 23.4. The topological polar surface area (TPSA) is 96.5 Å². The fourth-order valence-corrected chi connectivity index (χ4v) is 4.39. The molecule has 0 saturated carbocycles. The van der Waals surface area contributed by atoms with E-state index < -0.39 is 10.8 Å². The number of anilines is 2. The summed E-state index contributed by atoms with van der Waals surface area (Å²) in [5.41, 5.74) is 2.50. The summed E-state index contributed by atoms with van der Waals surface area (Å²) in [5.74, 6) is 0.0325. The molecule has 2 aromatic carbocycles. The summed E-state index contributed by atoms with van der Waals surface area (Å²) in [6.45, 7) is 9.22. The largest absolute Gasteiger partial charge is 0.366 e. The Morgan fingerprint density at radius 1 is 1.15 bits per heavy atom. The molecule has 0 spiro atoms. The summed E-state index contributed by atoms with van der Waals surface area (Å²) >= 11 is 0. The number of likely N-dealkylation sites (N-methyl/N-ethyl adjacent to an activating group) is 1. The number of hydrogen-bond donors (Lipinski definition) is 1. The Bertz CT molecular complexity index is 1150. The van der Waals surface area contributed by atoms with Gasteiger partial charge in [-0.1, -0.05) is 26.0 Å². The van der Waals surface area contributed by atoms with Gasteiger partial charge in [-0.2, -0.15) is 0 Å². The highest BCUT2D eigenvalue weighted by atomic mass is 16.6. The molecule has 0 aliphatic carbocycles. The minimum atomic E-state index is -0.413. The number of imidazole rings is 1. The van der Waals surface area contributed by atoms with E-state index in [1.807, 2.05) is 33.7 Å². The second kappa shape index (κ2) is 9.99. The second-order valence-electron chi connectivity index (χ2n) is 8.21. The van der Waals surface area contributed by atoms with Crippen molar-refractivity contribution in [3.63, 3.8) is 0 Å². The molecule has 0 bridgehead atoms. The molecule has 33 heavy (non-hydrogen) atoms. The van der Waals surface area contributed by atoms with Crippen molar-refractivity contribution in [2.24, 2.45) is 0 Å². The average Bonchev–Trinajstić information content (AvgIpc) is 3.47. The first-order chi connectivity index (χ1) is 16.0. The van der Waals surface area contributed by atoms with Gasteiger partial charge in [0.05, 0.1) is 16.0 Å². The van der Waals surface area contributed by atoms with Crippen LogP contribution in [0.1, 0.15) is 37.0 Å². The smallest absolute Gasteiger partial charge is 0.293 e. The minimum Gasteiger partial charge on any atom is -0.366 e. The highest BCUT2D eigenvalue weighted by Gasteiger charge is 2.24. The SMILES string of the molecule is CCN(CC)CCn1c(NC(=O)c2ccc(N3CCCC3)c([N+](=O)[O-])c2)nc2ccccc21. The van der Waals surface area contributed by atoms with E-state index in [0.717, 1.165) is 56.6 Å². The van der Waals surface area contributed by atoms with Crippen LogP contribution in [0, 0.1) is 10.1 Å². The molecule has 0 radical (unpaired) electrons. The van der Waals surface area contributed by atoms with Crippen molar-refractivity contribution in [2.45, 2.75) is 33.2 Å². The maximum atomic E-state index is 13.1. The number of aromatic nitrogens is 2. The van der Waals surface area contributed by atoms with Gasteiger partial charge in [-0.3, -0.25) is 20.2 Å². The number of fused-ring (bicyclic) bond motifs is 1. The first-order valence-electron chi connectivity index (χ1n) is 11.5. The Hall–Kier alpha value is -3.46. The summed E-state index contributed by atoms with van der Waals surface area (Å²) < 4.78 is 2.00. The third kappa shape index (κ3) is 4.83. The Kier molecular flexibility index (Phi) is 6.88. The number of hydrogen-bond acceptors (Lipinski definition) is 6.